The van der Waals surface area contributed by atoms with E-state index in [-0.39, 0.29) is 11.9 Å². The highest BCUT2D eigenvalue weighted by atomic mass is 16.2. The Morgan fingerprint density at radius 1 is 1.50 bits per heavy atom. The molecule has 6 nitrogen and oxygen atoms in total. The van der Waals surface area contributed by atoms with Crippen LogP contribution in [0.25, 0.3) is 0 Å². The number of aromatic amines is 1. The summed E-state index contributed by atoms with van der Waals surface area (Å²) in [6, 6.07) is 0.157. The van der Waals surface area contributed by atoms with Gasteiger partial charge in [-0.2, -0.15) is 15.4 Å². The average molecular weight is 253 g/mol. The van der Waals surface area contributed by atoms with E-state index >= 15 is 0 Å². The van der Waals surface area contributed by atoms with Crippen molar-refractivity contribution in [2.75, 3.05) is 19.6 Å². The van der Waals surface area contributed by atoms with E-state index in [0.29, 0.717) is 5.69 Å². The summed E-state index contributed by atoms with van der Waals surface area (Å²) in [5, 5.41) is 12.7. The Labute approximate surface area is 108 Å². The van der Waals surface area contributed by atoms with Gasteiger partial charge >= 0.3 is 0 Å². The van der Waals surface area contributed by atoms with E-state index in [2.05, 4.69) is 39.5 Å². The number of carbonyl (C=O) groups excluding carboxylic acids is 1. The minimum Gasteiger partial charge on any atom is -0.348 e. The number of hydrogen-bond acceptors (Lipinski definition) is 4. The van der Waals surface area contributed by atoms with E-state index in [0.717, 1.165) is 32.5 Å². The molecule has 0 aliphatic carbocycles. The van der Waals surface area contributed by atoms with Crippen LogP contribution in [0.1, 0.15) is 44.1 Å². The Balaban J connectivity index is 2.21. The quantitative estimate of drug-likeness (QED) is 0.726. The summed E-state index contributed by atoms with van der Waals surface area (Å²) >= 11 is 0. The van der Waals surface area contributed by atoms with E-state index in [1.807, 2.05) is 6.92 Å². The van der Waals surface area contributed by atoms with Crippen molar-refractivity contribution >= 4 is 5.91 Å². The standard InChI is InChI=1S/C12H23N5O/c1-4-17(5-2)8-6-7-10(3)14-12(18)11-9-13-16-15-11/h9-10H,4-8H2,1-3H3,(H,14,18)(H,13,15,16). The van der Waals surface area contributed by atoms with Gasteiger partial charge in [0.05, 0.1) is 6.20 Å². The SMILES string of the molecule is CCN(CC)CCCC(C)NC(=O)c1cn[nH]n1. The predicted molar refractivity (Wildman–Crippen MR) is 70.3 cm³/mol. The van der Waals surface area contributed by atoms with Gasteiger partial charge in [0, 0.05) is 6.04 Å². The maximum Gasteiger partial charge on any atom is 0.273 e. The zero-order chi connectivity index (χ0) is 13.4. The third kappa shape index (κ3) is 4.83. The molecule has 0 saturated carbocycles. The van der Waals surface area contributed by atoms with Crippen molar-refractivity contribution in [2.45, 2.75) is 39.7 Å². The highest BCUT2D eigenvalue weighted by Crippen LogP contribution is 2.01. The lowest BCUT2D eigenvalue weighted by Gasteiger charge is -2.19. The smallest absolute Gasteiger partial charge is 0.273 e. The van der Waals surface area contributed by atoms with Crippen molar-refractivity contribution < 1.29 is 4.79 Å². The maximum atomic E-state index is 11.7. The maximum absolute atomic E-state index is 11.7. The first-order valence-corrected chi connectivity index (χ1v) is 6.56. The van der Waals surface area contributed by atoms with Crippen LogP contribution in [0.4, 0.5) is 0 Å². The Hall–Kier alpha value is -1.43. The second kappa shape index (κ2) is 7.81. The van der Waals surface area contributed by atoms with Gasteiger partial charge in [-0.25, -0.2) is 0 Å². The zero-order valence-corrected chi connectivity index (χ0v) is 11.4. The van der Waals surface area contributed by atoms with Gasteiger partial charge in [-0.15, -0.1) is 0 Å². The number of rotatable bonds is 8. The number of hydrogen-bond donors (Lipinski definition) is 2. The van der Waals surface area contributed by atoms with Crippen LogP contribution in [0.2, 0.25) is 0 Å². The van der Waals surface area contributed by atoms with Gasteiger partial charge in [-0.05, 0) is 39.4 Å². The molecule has 0 aliphatic heterocycles. The molecule has 1 unspecified atom stereocenters. The number of carbonyl (C=O) groups is 1. The molecule has 0 saturated heterocycles. The second-order valence-electron chi connectivity index (χ2n) is 4.40. The van der Waals surface area contributed by atoms with E-state index in [4.69, 9.17) is 0 Å². The number of nitrogens with one attached hydrogen (secondary N) is 2. The van der Waals surface area contributed by atoms with Crippen molar-refractivity contribution in [2.24, 2.45) is 0 Å². The van der Waals surface area contributed by atoms with Crippen LogP contribution in [0, 0.1) is 0 Å². The van der Waals surface area contributed by atoms with Crippen LogP contribution in [0.3, 0.4) is 0 Å². The first-order valence-electron chi connectivity index (χ1n) is 6.56. The van der Waals surface area contributed by atoms with Crippen LogP contribution in [-0.4, -0.2) is 51.9 Å². The Kier molecular flexibility index (Phi) is 6.35. The summed E-state index contributed by atoms with van der Waals surface area (Å²) in [4.78, 5) is 14.1. The van der Waals surface area contributed by atoms with Crippen LogP contribution in [0.15, 0.2) is 6.20 Å². The largest absolute Gasteiger partial charge is 0.348 e. The van der Waals surface area contributed by atoms with Gasteiger partial charge in [0.25, 0.3) is 5.91 Å². The molecule has 6 heteroatoms. The molecule has 0 spiro atoms. The number of amides is 1. The summed E-state index contributed by atoms with van der Waals surface area (Å²) in [5.41, 5.74) is 0.339. The normalized spacial score (nSPS) is 12.7. The molecule has 102 valence electrons. The molecule has 0 radical (unpaired) electrons. The van der Waals surface area contributed by atoms with E-state index in [9.17, 15) is 4.79 Å². The number of H-pyrrole nitrogens is 1. The molecule has 0 fully saturated rings. The number of aromatic nitrogens is 3. The second-order valence-corrected chi connectivity index (χ2v) is 4.40. The monoisotopic (exact) mass is 253 g/mol. The highest BCUT2D eigenvalue weighted by Gasteiger charge is 2.12. The van der Waals surface area contributed by atoms with Gasteiger partial charge in [0.2, 0.25) is 0 Å². The Morgan fingerprint density at radius 3 is 2.78 bits per heavy atom. The summed E-state index contributed by atoms with van der Waals surface area (Å²) in [7, 11) is 0. The Bertz CT molecular complexity index is 334. The molecule has 1 amide bonds. The van der Waals surface area contributed by atoms with E-state index < -0.39 is 0 Å². The highest BCUT2D eigenvalue weighted by molar-refractivity contribution is 5.91. The van der Waals surface area contributed by atoms with Gasteiger partial charge < -0.3 is 10.2 Å². The fourth-order valence-corrected chi connectivity index (χ4v) is 1.84. The van der Waals surface area contributed by atoms with Gasteiger partial charge in [-0.1, -0.05) is 13.8 Å². The van der Waals surface area contributed by atoms with Gasteiger partial charge in [0.1, 0.15) is 0 Å². The lowest BCUT2D eigenvalue weighted by molar-refractivity contribution is 0.0932. The minimum atomic E-state index is -0.168. The predicted octanol–water partition coefficient (Wildman–Crippen LogP) is 1.04. The zero-order valence-electron chi connectivity index (χ0n) is 11.4. The lowest BCUT2D eigenvalue weighted by Crippen LogP contribution is -2.33. The average Bonchev–Trinajstić information content (AvgIpc) is 2.88. The summed E-state index contributed by atoms with van der Waals surface area (Å²) in [6.07, 6.45) is 3.49. The molecule has 2 N–H and O–H groups in total. The van der Waals surface area contributed by atoms with Crippen LogP contribution < -0.4 is 5.32 Å². The van der Waals surface area contributed by atoms with Crippen molar-refractivity contribution in [3.8, 4) is 0 Å². The minimum absolute atomic E-state index is 0.157. The fourth-order valence-electron chi connectivity index (χ4n) is 1.84. The molecule has 1 atom stereocenters. The molecule has 1 aromatic heterocycles. The van der Waals surface area contributed by atoms with Crippen molar-refractivity contribution in [3.63, 3.8) is 0 Å². The van der Waals surface area contributed by atoms with Gasteiger partial charge in [0.15, 0.2) is 5.69 Å². The summed E-state index contributed by atoms with van der Waals surface area (Å²) in [5.74, 6) is -0.168. The van der Waals surface area contributed by atoms with E-state index in [1.54, 1.807) is 0 Å². The lowest BCUT2D eigenvalue weighted by atomic mass is 10.1. The van der Waals surface area contributed by atoms with Crippen molar-refractivity contribution in [3.05, 3.63) is 11.9 Å². The molecule has 1 rings (SSSR count). The van der Waals surface area contributed by atoms with Crippen LogP contribution >= 0.6 is 0 Å². The van der Waals surface area contributed by atoms with E-state index in [1.165, 1.54) is 6.20 Å². The first-order chi connectivity index (χ1) is 8.67. The van der Waals surface area contributed by atoms with Crippen molar-refractivity contribution in [1.82, 2.24) is 25.6 Å². The van der Waals surface area contributed by atoms with Crippen LogP contribution in [-0.2, 0) is 0 Å². The summed E-state index contributed by atoms with van der Waals surface area (Å²) < 4.78 is 0. The third-order valence-corrected chi connectivity index (χ3v) is 3.03. The summed E-state index contributed by atoms with van der Waals surface area (Å²) in [6.45, 7) is 9.59. The molecule has 1 heterocycles. The van der Waals surface area contributed by atoms with Crippen LogP contribution in [0.5, 0.6) is 0 Å². The van der Waals surface area contributed by atoms with Gasteiger partial charge in [-0.3, -0.25) is 4.79 Å². The Morgan fingerprint density at radius 2 is 2.22 bits per heavy atom. The molecule has 18 heavy (non-hydrogen) atoms. The first kappa shape index (κ1) is 14.6. The third-order valence-electron chi connectivity index (χ3n) is 3.03. The fraction of sp³-hybridized carbons (Fsp3) is 0.750. The molecule has 1 aromatic rings. The topological polar surface area (TPSA) is 73.9 Å². The molecule has 0 bridgehead atoms. The number of nitrogens with zero attached hydrogens (tertiary/aromatic N) is 3. The molecular formula is C12H23N5O. The van der Waals surface area contributed by atoms with Crippen molar-refractivity contribution in [1.29, 1.82) is 0 Å². The molecular weight excluding hydrogens is 230 g/mol. The molecule has 0 aromatic carbocycles. The molecule has 0 aliphatic rings.